The number of nitrogens with one attached hydrogen (secondary N) is 2. The van der Waals surface area contributed by atoms with Crippen LogP contribution >= 0.6 is 0 Å². The van der Waals surface area contributed by atoms with Crippen LogP contribution in [-0.4, -0.2) is 23.3 Å². The van der Waals surface area contributed by atoms with Gasteiger partial charge in [0.1, 0.15) is 5.82 Å². The molecule has 1 aliphatic heterocycles. The third-order valence-corrected chi connectivity index (χ3v) is 3.49. The lowest BCUT2D eigenvalue weighted by Crippen LogP contribution is -2.30. The molecular weight excluding hydrogens is 217 g/mol. The van der Waals surface area contributed by atoms with Crippen molar-refractivity contribution < 1.29 is 4.39 Å². The summed E-state index contributed by atoms with van der Waals surface area (Å²) in [6, 6.07) is 4.75. The minimum Gasteiger partial charge on any atom is -0.316 e. The molecule has 1 aromatic heterocycles. The zero-order valence-corrected chi connectivity index (χ0v) is 9.67. The molecule has 3 rings (SSSR count). The first-order valence-corrected chi connectivity index (χ1v) is 6.16. The molecule has 0 bridgehead atoms. The predicted octanol–water partition coefficient (Wildman–Crippen LogP) is 2.24. The smallest absolute Gasteiger partial charge is 0.124 e. The average molecular weight is 233 g/mol. The van der Waals surface area contributed by atoms with E-state index >= 15 is 0 Å². The maximum absolute atomic E-state index is 13.2. The monoisotopic (exact) mass is 233 g/mol. The third-order valence-electron chi connectivity index (χ3n) is 3.49. The summed E-state index contributed by atoms with van der Waals surface area (Å²) in [5.41, 5.74) is 1.92. The fourth-order valence-electron chi connectivity index (χ4n) is 2.58. The van der Waals surface area contributed by atoms with Crippen molar-refractivity contribution in [3.63, 3.8) is 0 Å². The molecule has 0 spiro atoms. The van der Waals surface area contributed by atoms with Crippen LogP contribution < -0.4 is 5.32 Å². The van der Waals surface area contributed by atoms with Gasteiger partial charge in [-0.2, -0.15) is 5.10 Å². The quantitative estimate of drug-likeness (QED) is 0.835. The molecule has 90 valence electrons. The van der Waals surface area contributed by atoms with Crippen LogP contribution in [0.25, 0.3) is 10.9 Å². The van der Waals surface area contributed by atoms with Gasteiger partial charge in [-0.05, 0) is 56.5 Å². The summed E-state index contributed by atoms with van der Waals surface area (Å²) in [6.45, 7) is 2.17. The van der Waals surface area contributed by atoms with Crippen molar-refractivity contribution in [3.05, 3.63) is 29.7 Å². The Morgan fingerprint density at radius 3 is 3.18 bits per heavy atom. The lowest BCUT2D eigenvalue weighted by molar-refractivity contribution is 0.374. The largest absolute Gasteiger partial charge is 0.316 e. The van der Waals surface area contributed by atoms with Crippen LogP contribution in [0.15, 0.2) is 18.2 Å². The van der Waals surface area contributed by atoms with Crippen LogP contribution in [0.1, 0.15) is 18.5 Å². The van der Waals surface area contributed by atoms with E-state index in [-0.39, 0.29) is 5.82 Å². The molecule has 2 heterocycles. The molecule has 2 aromatic rings. The highest BCUT2D eigenvalue weighted by Gasteiger charge is 2.16. The molecule has 1 aromatic carbocycles. The summed E-state index contributed by atoms with van der Waals surface area (Å²) >= 11 is 0. The molecule has 0 aliphatic carbocycles. The average Bonchev–Trinajstić information content (AvgIpc) is 2.73. The number of hydrogen-bond donors (Lipinski definition) is 2. The number of H-pyrrole nitrogens is 1. The summed E-state index contributed by atoms with van der Waals surface area (Å²) in [5, 5.41) is 11.6. The zero-order chi connectivity index (χ0) is 11.7. The standard InChI is InChI=1S/C13H16FN3/c14-10-3-4-12-11(7-10)13(17-16-12)6-9-2-1-5-15-8-9/h3-4,7,9,15H,1-2,5-6,8H2,(H,16,17). The Morgan fingerprint density at radius 2 is 2.35 bits per heavy atom. The van der Waals surface area contributed by atoms with Crippen molar-refractivity contribution >= 4 is 10.9 Å². The van der Waals surface area contributed by atoms with Gasteiger partial charge in [0, 0.05) is 11.1 Å². The summed E-state index contributed by atoms with van der Waals surface area (Å²) in [7, 11) is 0. The fraction of sp³-hybridized carbons (Fsp3) is 0.462. The van der Waals surface area contributed by atoms with E-state index < -0.39 is 0 Å². The summed E-state index contributed by atoms with van der Waals surface area (Å²) in [5.74, 6) is 0.442. The molecule has 0 radical (unpaired) electrons. The normalized spacial score (nSPS) is 20.9. The second-order valence-electron chi connectivity index (χ2n) is 4.78. The Hall–Kier alpha value is -1.42. The molecule has 1 saturated heterocycles. The highest BCUT2D eigenvalue weighted by Crippen LogP contribution is 2.22. The summed E-state index contributed by atoms with van der Waals surface area (Å²) in [6.07, 6.45) is 3.42. The molecule has 17 heavy (non-hydrogen) atoms. The van der Waals surface area contributed by atoms with Crippen LogP contribution in [0, 0.1) is 11.7 Å². The van der Waals surface area contributed by atoms with Gasteiger partial charge >= 0.3 is 0 Å². The minimum atomic E-state index is -0.193. The maximum Gasteiger partial charge on any atom is 0.124 e. The molecule has 0 saturated carbocycles. The van der Waals surface area contributed by atoms with Crippen LogP contribution in [0.4, 0.5) is 4.39 Å². The Bertz CT molecular complexity index is 514. The SMILES string of the molecule is Fc1ccc2n[nH]c(CC3CCCNC3)c2c1. The van der Waals surface area contributed by atoms with E-state index in [2.05, 4.69) is 15.5 Å². The molecule has 1 unspecified atom stereocenters. The van der Waals surface area contributed by atoms with Crippen molar-refractivity contribution in [3.8, 4) is 0 Å². The second-order valence-corrected chi connectivity index (χ2v) is 4.78. The molecule has 4 heteroatoms. The Labute approximate surface area is 99.4 Å². The first-order chi connectivity index (χ1) is 8.33. The lowest BCUT2D eigenvalue weighted by atomic mass is 9.94. The minimum absolute atomic E-state index is 0.193. The van der Waals surface area contributed by atoms with Gasteiger partial charge in [-0.15, -0.1) is 0 Å². The fourth-order valence-corrected chi connectivity index (χ4v) is 2.58. The van der Waals surface area contributed by atoms with E-state index in [1.54, 1.807) is 12.1 Å². The van der Waals surface area contributed by atoms with Crippen LogP contribution in [0.3, 0.4) is 0 Å². The topological polar surface area (TPSA) is 40.7 Å². The van der Waals surface area contributed by atoms with Gasteiger partial charge < -0.3 is 5.32 Å². The molecule has 0 amide bonds. The first-order valence-electron chi connectivity index (χ1n) is 6.16. The first kappa shape index (κ1) is 10.7. The van der Waals surface area contributed by atoms with E-state index in [1.807, 2.05) is 0 Å². The molecule has 1 atom stereocenters. The number of nitrogens with zero attached hydrogens (tertiary/aromatic N) is 1. The molecular formula is C13H16FN3. The van der Waals surface area contributed by atoms with E-state index in [0.717, 1.165) is 36.1 Å². The van der Waals surface area contributed by atoms with Gasteiger partial charge in [-0.25, -0.2) is 4.39 Å². The highest BCUT2D eigenvalue weighted by molar-refractivity contribution is 5.81. The van der Waals surface area contributed by atoms with E-state index in [4.69, 9.17) is 0 Å². The van der Waals surface area contributed by atoms with Crippen molar-refractivity contribution in [2.45, 2.75) is 19.3 Å². The molecule has 1 fully saturated rings. The van der Waals surface area contributed by atoms with Crippen molar-refractivity contribution in [1.82, 2.24) is 15.5 Å². The van der Waals surface area contributed by atoms with Gasteiger partial charge in [0.25, 0.3) is 0 Å². The van der Waals surface area contributed by atoms with Crippen molar-refractivity contribution in [2.75, 3.05) is 13.1 Å². The highest BCUT2D eigenvalue weighted by atomic mass is 19.1. The van der Waals surface area contributed by atoms with Crippen molar-refractivity contribution in [1.29, 1.82) is 0 Å². The number of benzene rings is 1. The van der Waals surface area contributed by atoms with Gasteiger partial charge in [-0.3, -0.25) is 5.10 Å². The number of piperidine rings is 1. The maximum atomic E-state index is 13.2. The third kappa shape index (κ3) is 2.17. The number of aromatic amines is 1. The Morgan fingerprint density at radius 1 is 1.41 bits per heavy atom. The number of aromatic nitrogens is 2. The van der Waals surface area contributed by atoms with Crippen LogP contribution in [0.2, 0.25) is 0 Å². The van der Waals surface area contributed by atoms with E-state index in [1.165, 1.54) is 18.9 Å². The number of rotatable bonds is 2. The van der Waals surface area contributed by atoms with Gasteiger partial charge in [-0.1, -0.05) is 0 Å². The molecule has 2 N–H and O–H groups in total. The van der Waals surface area contributed by atoms with Crippen molar-refractivity contribution in [2.24, 2.45) is 5.92 Å². The van der Waals surface area contributed by atoms with Gasteiger partial charge in [0.15, 0.2) is 0 Å². The molecule has 3 nitrogen and oxygen atoms in total. The van der Waals surface area contributed by atoms with Crippen LogP contribution in [0.5, 0.6) is 0 Å². The number of fused-ring (bicyclic) bond motifs is 1. The summed E-state index contributed by atoms with van der Waals surface area (Å²) in [4.78, 5) is 0. The van der Waals surface area contributed by atoms with E-state index in [9.17, 15) is 4.39 Å². The Balaban J connectivity index is 1.86. The van der Waals surface area contributed by atoms with E-state index in [0.29, 0.717) is 5.92 Å². The number of halogens is 1. The van der Waals surface area contributed by atoms with Crippen LogP contribution in [-0.2, 0) is 6.42 Å². The van der Waals surface area contributed by atoms with Gasteiger partial charge in [0.2, 0.25) is 0 Å². The zero-order valence-electron chi connectivity index (χ0n) is 9.67. The van der Waals surface area contributed by atoms with Gasteiger partial charge in [0.05, 0.1) is 5.52 Å². The lowest BCUT2D eigenvalue weighted by Gasteiger charge is -2.22. The predicted molar refractivity (Wildman–Crippen MR) is 65.3 cm³/mol. The number of hydrogen-bond acceptors (Lipinski definition) is 2. The Kier molecular flexibility index (Phi) is 2.81. The summed E-state index contributed by atoms with van der Waals surface area (Å²) < 4.78 is 13.2. The second kappa shape index (κ2) is 4.45. The molecule has 1 aliphatic rings.